The van der Waals surface area contributed by atoms with Gasteiger partial charge in [0.25, 0.3) is 0 Å². The zero-order valence-electron chi connectivity index (χ0n) is 10.8. The summed E-state index contributed by atoms with van der Waals surface area (Å²) in [6, 6.07) is 7.44. The fourth-order valence-electron chi connectivity index (χ4n) is 2.03. The lowest BCUT2D eigenvalue weighted by molar-refractivity contribution is -0.117. The van der Waals surface area contributed by atoms with Gasteiger partial charge in [-0.15, -0.1) is 0 Å². The lowest BCUT2D eigenvalue weighted by atomic mass is 10.2. The van der Waals surface area contributed by atoms with E-state index in [1.54, 1.807) is 18.2 Å². The fraction of sp³-hybridized carbons (Fsp3) is 0.429. The zero-order valence-corrected chi connectivity index (χ0v) is 11.6. The van der Waals surface area contributed by atoms with Gasteiger partial charge in [-0.05, 0) is 37.6 Å². The molecule has 1 saturated carbocycles. The topological polar surface area (TPSA) is 56.1 Å². The van der Waals surface area contributed by atoms with Crippen molar-refractivity contribution in [2.75, 3.05) is 18.4 Å². The number of amides is 1. The lowest BCUT2D eigenvalue weighted by Gasteiger charge is -2.19. The Hall–Kier alpha value is -1.57. The summed E-state index contributed by atoms with van der Waals surface area (Å²) in [5.41, 5.74) is 0.902. The standard InChI is InChI=1S/C14H16ClN3O/c1-2-18(12-5-6-12)9-14(19)17-13-7-11(15)4-3-10(13)8-16/h3-4,7,12H,2,5-6,9H2,1H3,(H,17,19). The number of nitriles is 1. The van der Waals surface area contributed by atoms with Gasteiger partial charge in [-0.25, -0.2) is 0 Å². The van der Waals surface area contributed by atoms with Crippen molar-refractivity contribution in [1.82, 2.24) is 4.90 Å². The van der Waals surface area contributed by atoms with E-state index in [0.717, 1.165) is 6.54 Å². The minimum atomic E-state index is -0.104. The fourth-order valence-corrected chi connectivity index (χ4v) is 2.20. The molecule has 0 atom stereocenters. The molecule has 1 aliphatic carbocycles. The molecule has 1 aromatic carbocycles. The predicted octanol–water partition coefficient (Wildman–Crippen LogP) is 2.63. The number of likely N-dealkylation sites (N-methyl/N-ethyl adjacent to an activating group) is 1. The predicted molar refractivity (Wildman–Crippen MR) is 75.1 cm³/mol. The van der Waals surface area contributed by atoms with Crippen LogP contribution in [0.5, 0.6) is 0 Å². The molecule has 1 fully saturated rings. The highest BCUT2D eigenvalue weighted by molar-refractivity contribution is 6.31. The molecule has 4 nitrogen and oxygen atoms in total. The van der Waals surface area contributed by atoms with Gasteiger partial charge in [0, 0.05) is 11.1 Å². The van der Waals surface area contributed by atoms with Crippen molar-refractivity contribution in [3.63, 3.8) is 0 Å². The van der Waals surface area contributed by atoms with Gasteiger partial charge in [0.05, 0.1) is 17.8 Å². The van der Waals surface area contributed by atoms with Crippen LogP contribution in [0.15, 0.2) is 18.2 Å². The van der Waals surface area contributed by atoms with E-state index in [2.05, 4.69) is 10.2 Å². The van der Waals surface area contributed by atoms with E-state index in [0.29, 0.717) is 28.9 Å². The second-order valence-electron chi connectivity index (χ2n) is 4.64. The van der Waals surface area contributed by atoms with E-state index in [1.165, 1.54) is 12.8 Å². The number of nitrogens with zero attached hydrogens (tertiary/aromatic N) is 2. The summed E-state index contributed by atoms with van der Waals surface area (Å²) in [4.78, 5) is 14.1. The van der Waals surface area contributed by atoms with Crippen LogP contribution in [0, 0.1) is 11.3 Å². The molecule has 1 amide bonds. The summed E-state index contributed by atoms with van der Waals surface area (Å²) in [5.74, 6) is -0.104. The van der Waals surface area contributed by atoms with Crippen molar-refractivity contribution in [1.29, 1.82) is 5.26 Å². The Bertz CT molecular complexity index is 520. The van der Waals surface area contributed by atoms with Crippen LogP contribution in [0.2, 0.25) is 5.02 Å². The average Bonchev–Trinajstić information content (AvgIpc) is 3.20. The minimum Gasteiger partial charge on any atom is -0.324 e. The Kier molecular flexibility index (Phi) is 4.41. The molecule has 19 heavy (non-hydrogen) atoms. The molecule has 0 spiro atoms. The summed E-state index contributed by atoms with van der Waals surface area (Å²) in [5, 5.41) is 12.3. The highest BCUT2D eigenvalue weighted by atomic mass is 35.5. The molecule has 0 radical (unpaired) electrons. The van der Waals surface area contributed by atoms with Crippen LogP contribution in [-0.2, 0) is 4.79 Å². The van der Waals surface area contributed by atoms with E-state index in [4.69, 9.17) is 16.9 Å². The molecule has 0 unspecified atom stereocenters. The van der Waals surface area contributed by atoms with E-state index in [1.807, 2.05) is 13.0 Å². The zero-order chi connectivity index (χ0) is 13.8. The number of carbonyl (C=O) groups excluding carboxylic acids is 1. The molecule has 100 valence electrons. The molecular weight excluding hydrogens is 262 g/mol. The highest BCUT2D eigenvalue weighted by Crippen LogP contribution is 2.26. The molecular formula is C14H16ClN3O. The minimum absolute atomic E-state index is 0.104. The number of rotatable bonds is 5. The van der Waals surface area contributed by atoms with Crippen molar-refractivity contribution in [2.24, 2.45) is 0 Å². The Morgan fingerprint density at radius 2 is 2.32 bits per heavy atom. The summed E-state index contributed by atoms with van der Waals surface area (Å²) in [7, 11) is 0. The third-order valence-corrected chi connectivity index (χ3v) is 3.43. The highest BCUT2D eigenvalue weighted by Gasteiger charge is 2.29. The third-order valence-electron chi connectivity index (χ3n) is 3.19. The van der Waals surface area contributed by atoms with Crippen molar-refractivity contribution in [3.8, 4) is 6.07 Å². The molecule has 1 N–H and O–H groups in total. The van der Waals surface area contributed by atoms with Gasteiger partial charge in [0.2, 0.25) is 5.91 Å². The maximum absolute atomic E-state index is 12.0. The van der Waals surface area contributed by atoms with Crippen molar-refractivity contribution < 1.29 is 4.79 Å². The first-order valence-electron chi connectivity index (χ1n) is 6.37. The van der Waals surface area contributed by atoms with Crippen LogP contribution in [0.3, 0.4) is 0 Å². The number of anilines is 1. The summed E-state index contributed by atoms with van der Waals surface area (Å²) >= 11 is 5.88. The first-order chi connectivity index (χ1) is 9.13. The third kappa shape index (κ3) is 3.69. The Morgan fingerprint density at radius 3 is 2.89 bits per heavy atom. The number of benzene rings is 1. The van der Waals surface area contributed by atoms with Crippen LogP contribution >= 0.6 is 11.6 Å². The molecule has 1 aliphatic rings. The molecule has 5 heteroatoms. The van der Waals surface area contributed by atoms with Gasteiger partial charge < -0.3 is 5.32 Å². The Balaban J connectivity index is 2.02. The molecule has 2 rings (SSSR count). The smallest absolute Gasteiger partial charge is 0.238 e. The van der Waals surface area contributed by atoms with Crippen LogP contribution in [0.25, 0.3) is 0 Å². The van der Waals surface area contributed by atoms with Gasteiger partial charge in [0.1, 0.15) is 6.07 Å². The molecule has 0 saturated heterocycles. The largest absolute Gasteiger partial charge is 0.324 e. The average molecular weight is 278 g/mol. The van der Waals surface area contributed by atoms with E-state index >= 15 is 0 Å². The Labute approximate surface area is 118 Å². The van der Waals surface area contributed by atoms with Gasteiger partial charge in [0.15, 0.2) is 0 Å². The number of halogens is 1. The van der Waals surface area contributed by atoms with Gasteiger partial charge >= 0.3 is 0 Å². The monoisotopic (exact) mass is 277 g/mol. The lowest BCUT2D eigenvalue weighted by Crippen LogP contribution is -2.34. The maximum Gasteiger partial charge on any atom is 0.238 e. The number of carbonyl (C=O) groups is 1. The van der Waals surface area contributed by atoms with E-state index < -0.39 is 0 Å². The van der Waals surface area contributed by atoms with Crippen LogP contribution < -0.4 is 5.32 Å². The van der Waals surface area contributed by atoms with Gasteiger partial charge in [-0.3, -0.25) is 9.69 Å². The number of nitrogens with one attached hydrogen (secondary N) is 1. The first kappa shape index (κ1) is 13.9. The first-order valence-corrected chi connectivity index (χ1v) is 6.75. The van der Waals surface area contributed by atoms with E-state index in [9.17, 15) is 4.79 Å². The van der Waals surface area contributed by atoms with Crippen LogP contribution in [0.4, 0.5) is 5.69 Å². The quantitative estimate of drug-likeness (QED) is 0.900. The summed E-state index contributed by atoms with van der Waals surface area (Å²) in [6.07, 6.45) is 2.34. The van der Waals surface area contributed by atoms with Gasteiger partial charge in [-0.1, -0.05) is 18.5 Å². The van der Waals surface area contributed by atoms with Crippen LogP contribution in [-0.4, -0.2) is 29.9 Å². The molecule has 0 aliphatic heterocycles. The SMILES string of the molecule is CCN(CC(=O)Nc1cc(Cl)ccc1C#N)C1CC1. The van der Waals surface area contributed by atoms with Crippen LogP contribution in [0.1, 0.15) is 25.3 Å². The maximum atomic E-state index is 12.0. The molecule has 1 aromatic rings. The number of hydrogen-bond acceptors (Lipinski definition) is 3. The Morgan fingerprint density at radius 1 is 1.58 bits per heavy atom. The normalized spacial score (nSPS) is 14.2. The number of hydrogen-bond donors (Lipinski definition) is 1. The second kappa shape index (κ2) is 6.05. The second-order valence-corrected chi connectivity index (χ2v) is 5.08. The van der Waals surface area contributed by atoms with Gasteiger partial charge in [-0.2, -0.15) is 5.26 Å². The van der Waals surface area contributed by atoms with Crippen molar-refractivity contribution in [2.45, 2.75) is 25.8 Å². The molecule has 0 bridgehead atoms. The molecule has 0 heterocycles. The van der Waals surface area contributed by atoms with Crippen molar-refractivity contribution in [3.05, 3.63) is 28.8 Å². The molecule has 0 aromatic heterocycles. The van der Waals surface area contributed by atoms with Crippen molar-refractivity contribution >= 4 is 23.2 Å². The van der Waals surface area contributed by atoms with E-state index in [-0.39, 0.29) is 5.91 Å². The summed E-state index contributed by atoms with van der Waals surface area (Å²) in [6.45, 7) is 3.27. The summed E-state index contributed by atoms with van der Waals surface area (Å²) < 4.78 is 0.